The van der Waals surface area contributed by atoms with Crippen LogP contribution in [0.2, 0.25) is 0 Å². The second-order valence-corrected chi connectivity index (χ2v) is 6.70. The first-order valence-electron chi connectivity index (χ1n) is 8.37. The summed E-state index contributed by atoms with van der Waals surface area (Å²) in [5.41, 5.74) is 0.412. The molecule has 0 unspecified atom stereocenters. The first kappa shape index (κ1) is 17.7. The van der Waals surface area contributed by atoms with Crippen LogP contribution < -0.4 is 4.90 Å². The van der Waals surface area contributed by atoms with Crippen LogP contribution >= 0.6 is 0 Å². The minimum atomic E-state index is -0.0385. The number of rotatable bonds is 6. The van der Waals surface area contributed by atoms with Crippen LogP contribution in [0, 0.1) is 5.92 Å². The number of ether oxygens (including phenoxy) is 1. The molecule has 0 spiro atoms. The highest BCUT2D eigenvalue weighted by Gasteiger charge is 2.25. The molecular formula is C17H28N4O2. The molecule has 23 heavy (non-hydrogen) atoms. The molecule has 0 aromatic carbocycles. The quantitative estimate of drug-likeness (QED) is 0.804. The van der Waals surface area contributed by atoms with E-state index in [1.807, 2.05) is 23.9 Å². The molecule has 0 N–H and O–H groups in total. The Bertz CT molecular complexity index is 494. The fourth-order valence-electron chi connectivity index (χ4n) is 2.52. The van der Waals surface area contributed by atoms with Crippen molar-refractivity contribution in [2.24, 2.45) is 5.92 Å². The summed E-state index contributed by atoms with van der Waals surface area (Å²) in [4.78, 5) is 24.7. The topological polar surface area (TPSA) is 58.6 Å². The highest BCUT2D eigenvalue weighted by Crippen LogP contribution is 2.17. The van der Waals surface area contributed by atoms with Crippen LogP contribution in [0.1, 0.15) is 43.6 Å². The number of aromatic nitrogens is 2. The summed E-state index contributed by atoms with van der Waals surface area (Å²) in [6.45, 7) is 6.67. The van der Waals surface area contributed by atoms with Crippen LogP contribution in [0.5, 0.6) is 0 Å². The summed E-state index contributed by atoms with van der Waals surface area (Å²) in [6.07, 6.45) is 6.35. The van der Waals surface area contributed by atoms with E-state index in [-0.39, 0.29) is 12.0 Å². The van der Waals surface area contributed by atoms with E-state index in [1.165, 1.54) is 0 Å². The number of anilines is 1. The molecule has 0 aliphatic carbocycles. The van der Waals surface area contributed by atoms with Crippen LogP contribution in [0.25, 0.3) is 0 Å². The molecule has 0 saturated carbocycles. The van der Waals surface area contributed by atoms with E-state index in [1.54, 1.807) is 12.4 Å². The third-order valence-electron chi connectivity index (χ3n) is 4.09. The number of likely N-dealkylation sites (tertiary alicyclic amines) is 1. The minimum absolute atomic E-state index is 0.0385. The van der Waals surface area contributed by atoms with Crippen molar-refractivity contribution in [1.29, 1.82) is 0 Å². The van der Waals surface area contributed by atoms with Crippen molar-refractivity contribution in [2.75, 3.05) is 38.7 Å². The lowest BCUT2D eigenvalue weighted by atomic mass is 10.1. The van der Waals surface area contributed by atoms with Gasteiger partial charge in [0.2, 0.25) is 0 Å². The largest absolute Gasteiger partial charge is 0.378 e. The number of amides is 1. The maximum Gasteiger partial charge on any atom is 0.274 e. The zero-order valence-corrected chi connectivity index (χ0v) is 14.7. The van der Waals surface area contributed by atoms with Gasteiger partial charge in [0.25, 0.3) is 5.91 Å². The Hall–Kier alpha value is -1.69. The molecule has 1 saturated heterocycles. The molecular weight excluding hydrogens is 292 g/mol. The van der Waals surface area contributed by atoms with E-state index in [0.717, 1.165) is 44.8 Å². The molecule has 6 nitrogen and oxygen atoms in total. The van der Waals surface area contributed by atoms with Gasteiger partial charge in [-0.05, 0) is 25.2 Å². The van der Waals surface area contributed by atoms with Gasteiger partial charge in [0.1, 0.15) is 11.5 Å². The second kappa shape index (κ2) is 8.24. The number of hydrogen-bond acceptors (Lipinski definition) is 5. The van der Waals surface area contributed by atoms with E-state index in [9.17, 15) is 4.79 Å². The molecule has 128 valence electrons. The fraction of sp³-hybridized carbons (Fsp3) is 0.706. The molecule has 0 atom stereocenters. The van der Waals surface area contributed by atoms with Crippen molar-refractivity contribution in [3.05, 3.63) is 18.1 Å². The van der Waals surface area contributed by atoms with Crippen molar-refractivity contribution < 1.29 is 9.53 Å². The van der Waals surface area contributed by atoms with Crippen LogP contribution in [0.3, 0.4) is 0 Å². The van der Waals surface area contributed by atoms with E-state index < -0.39 is 0 Å². The predicted molar refractivity (Wildman–Crippen MR) is 90.7 cm³/mol. The molecule has 0 bridgehead atoms. The molecule has 1 fully saturated rings. The summed E-state index contributed by atoms with van der Waals surface area (Å²) < 4.78 is 5.90. The number of piperidine rings is 1. The summed E-state index contributed by atoms with van der Waals surface area (Å²) in [5.74, 6) is 1.38. The van der Waals surface area contributed by atoms with Gasteiger partial charge in [-0.3, -0.25) is 4.79 Å². The van der Waals surface area contributed by atoms with Crippen LogP contribution in [-0.2, 0) is 4.74 Å². The Balaban J connectivity index is 1.81. The zero-order chi connectivity index (χ0) is 16.8. The van der Waals surface area contributed by atoms with E-state index in [0.29, 0.717) is 11.6 Å². The minimum Gasteiger partial charge on any atom is -0.378 e. The number of carbonyl (C=O) groups is 1. The van der Waals surface area contributed by atoms with Gasteiger partial charge in [-0.1, -0.05) is 13.8 Å². The highest BCUT2D eigenvalue weighted by atomic mass is 16.5. The van der Waals surface area contributed by atoms with Crippen molar-refractivity contribution >= 4 is 11.7 Å². The molecule has 1 aromatic heterocycles. The molecule has 1 aromatic rings. The van der Waals surface area contributed by atoms with Gasteiger partial charge in [0.15, 0.2) is 0 Å². The third kappa shape index (κ3) is 5.16. The van der Waals surface area contributed by atoms with Gasteiger partial charge < -0.3 is 14.5 Å². The second-order valence-electron chi connectivity index (χ2n) is 6.70. The SMILES string of the molecule is CC(C)CCOC1CCN(C(=O)c2cnc(N(C)C)cn2)CC1. The van der Waals surface area contributed by atoms with Gasteiger partial charge in [-0.25, -0.2) is 9.97 Å². The molecule has 0 radical (unpaired) electrons. The van der Waals surface area contributed by atoms with Crippen molar-refractivity contribution in [3.8, 4) is 0 Å². The average Bonchev–Trinajstić information content (AvgIpc) is 2.54. The Kier molecular flexibility index (Phi) is 6.33. The smallest absolute Gasteiger partial charge is 0.274 e. The molecule has 1 aliphatic rings. The maximum absolute atomic E-state index is 12.5. The lowest BCUT2D eigenvalue weighted by molar-refractivity contribution is 0.00469. The van der Waals surface area contributed by atoms with Gasteiger partial charge in [-0.15, -0.1) is 0 Å². The third-order valence-corrected chi connectivity index (χ3v) is 4.09. The lowest BCUT2D eigenvalue weighted by Gasteiger charge is -2.31. The van der Waals surface area contributed by atoms with E-state index in [2.05, 4.69) is 23.8 Å². The van der Waals surface area contributed by atoms with Gasteiger partial charge in [0.05, 0.1) is 18.5 Å². The van der Waals surface area contributed by atoms with Crippen LogP contribution in [-0.4, -0.2) is 60.7 Å². The van der Waals surface area contributed by atoms with Gasteiger partial charge >= 0.3 is 0 Å². The Morgan fingerprint density at radius 1 is 1.30 bits per heavy atom. The standard InChI is InChI=1S/C17H28N4O2/c1-13(2)7-10-23-14-5-8-21(9-6-14)17(22)15-11-19-16(12-18-15)20(3)4/h11-14H,5-10H2,1-4H3. The van der Waals surface area contributed by atoms with Crippen molar-refractivity contribution in [3.63, 3.8) is 0 Å². The molecule has 2 heterocycles. The Morgan fingerprint density at radius 3 is 2.52 bits per heavy atom. The normalized spacial score (nSPS) is 16.0. The molecule has 2 rings (SSSR count). The summed E-state index contributed by atoms with van der Waals surface area (Å²) in [5, 5.41) is 0. The van der Waals surface area contributed by atoms with Gasteiger partial charge in [0, 0.05) is 33.8 Å². The average molecular weight is 320 g/mol. The van der Waals surface area contributed by atoms with Crippen LogP contribution in [0.15, 0.2) is 12.4 Å². The lowest BCUT2D eigenvalue weighted by Crippen LogP contribution is -2.41. The Labute approximate surface area is 138 Å². The predicted octanol–water partition coefficient (Wildman–Crippen LogP) is 2.21. The summed E-state index contributed by atoms with van der Waals surface area (Å²) >= 11 is 0. The summed E-state index contributed by atoms with van der Waals surface area (Å²) in [6, 6.07) is 0. The van der Waals surface area contributed by atoms with E-state index >= 15 is 0 Å². The van der Waals surface area contributed by atoms with E-state index in [4.69, 9.17) is 4.74 Å². The number of hydrogen-bond donors (Lipinski definition) is 0. The monoisotopic (exact) mass is 320 g/mol. The summed E-state index contributed by atoms with van der Waals surface area (Å²) in [7, 11) is 3.80. The number of nitrogens with zero attached hydrogens (tertiary/aromatic N) is 4. The fourth-order valence-corrected chi connectivity index (χ4v) is 2.52. The first-order valence-corrected chi connectivity index (χ1v) is 8.37. The molecule has 1 aliphatic heterocycles. The van der Waals surface area contributed by atoms with Gasteiger partial charge in [-0.2, -0.15) is 0 Å². The van der Waals surface area contributed by atoms with Crippen molar-refractivity contribution in [2.45, 2.75) is 39.2 Å². The first-order chi connectivity index (χ1) is 11.0. The zero-order valence-electron chi connectivity index (χ0n) is 14.7. The van der Waals surface area contributed by atoms with Crippen LogP contribution in [0.4, 0.5) is 5.82 Å². The molecule has 6 heteroatoms. The number of carbonyl (C=O) groups excluding carboxylic acids is 1. The Morgan fingerprint density at radius 2 is 2.00 bits per heavy atom. The molecule has 1 amide bonds. The highest BCUT2D eigenvalue weighted by molar-refractivity contribution is 5.92. The van der Waals surface area contributed by atoms with Crippen molar-refractivity contribution in [1.82, 2.24) is 14.9 Å². The maximum atomic E-state index is 12.5.